The summed E-state index contributed by atoms with van der Waals surface area (Å²) in [6.07, 6.45) is 4.17. The molecule has 1 aromatic carbocycles. The molecule has 1 radical (unpaired) electrons. The van der Waals surface area contributed by atoms with Gasteiger partial charge in [-0.3, -0.25) is 9.89 Å². The molecule has 0 saturated heterocycles. The molecule has 0 fully saturated rings. The highest BCUT2D eigenvalue weighted by Crippen LogP contribution is 2.05. The minimum atomic E-state index is -0.164. The van der Waals surface area contributed by atoms with Crippen LogP contribution >= 0.6 is 0 Å². The van der Waals surface area contributed by atoms with Gasteiger partial charge in [-0.25, -0.2) is 0 Å². The van der Waals surface area contributed by atoms with Crippen LogP contribution in [0.2, 0.25) is 0 Å². The van der Waals surface area contributed by atoms with Crippen LogP contribution in [-0.2, 0) is 0 Å². The van der Waals surface area contributed by atoms with Crippen molar-refractivity contribution < 1.29 is 4.79 Å². The van der Waals surface area contributed by atoms with E-state index >= 15 is 0 Å². The Morgan fingerprint density at radius 1 is 1.36 bits per heavy atom. The quantitative estimate of drug-likeness (QED) is 0.746. The van der Waals surface area contributed by atoms with Crippen LogP contribution < -0.4 is 5.32 Å². The number of aromatic nitrogens is 2. The van der Waals surface area contributed by atoms with Crippen LogP contribution in [0.5, 0.6) is 0 Å². The molecule has 2 N–H and O–H groups in total. The molecule has 0 spiro atoms. The summed E-state index contributed by atoms with van der Waals surface area (Å²) in [5.41, 5.74) is 1.15. The molecule has 0 unspecified atom stereocenters. The third kappa shape index (κ3) is 1.80. The van der Waals surface area contributed by atoms with Crippen molar-refractivity contribution in [2.24, 2.45) is 0 Å². The van der Waals surface area contributed by atoms with Gasteiger partial charge in [0, 0.05) is 11.8 Å². The maximum absolute atomic E-state index is 11.5. The maximum Gasteiger partial charge on any atom is 0.255 e. The van der Waals surface area contributed by atoms with E-state index in [-0.39, 0.29) is 5.91 Å². The molecule has 0 bridgehead atoms. The first kappa shape index (κ1) is 8.50. The van der Waals surface area contributed by atoms with E-state index in [4.69, 9.17) is 0 Å². The number of rotatable bonds is 2. The van der Waals surface area contributed by atoms with Gasteiger partial charge in [0.1, 0.15) is 6.20 Å². The van der Waals surface area contributed by atoms with Gasteiger partial charge in [0.05, 0.1) is 5.69 Å². The molecule has 2 rings (SSSR count). The fraction of sp³-hybridized carbons (Fsp3) is 0. The topological polar surface area (TPSA) is 57.8 Å². The highest BCUT2D eigenvalue weighted by atomic mass is 16.1. The summed E-state index contributed by atoms with van der Waals surface area (Å²) < 4.78 is 0. The van der Waals surface area contributed by atoms with Crippen molar-refractivity contribution in [3.8, 4) is 0 Å². The van der Waals surface area contributed by atoms with Gasteiger partial charge >= 0.3 is 0 Å². The van der Waals surface area contributed by atoms with Crippen LogP contribution in [0.3, 0.4) is 0 Å². The number of nitrogens with one attached hydrogen (secondary N) is 2. The van der Waals surface area contributed by atoms with E-state index in [0.29, 0.717) is 11.3 Å². The molecular formula is C10H8N3O. The van der Waals surface area contributed by atoms with E-state index < -0.39 is 0 Å². The minimum Gasteiger partial charge on any atom is -0.319 e. The normalized spacial score (nSPS) is 9.71. The monoisotopic (exact) mass is 186 g/mol. The van der Waals surface area contributed by atoms with E-state index in [1.165, 1.54) is 0 Å². The molecule has 0 atom stereocenters. The molecule has 0 aliphatic heterocycles. The molecule has 2 aromatic rings. The first-order valence-corrected chi connectivity index (χ1v) is 4.14. The Balaban J connectivity index is 2.11. The Hall–Kier alpha value is -2.10. The van der Waals surface area contributed by atoms with Gasteiger partial charge in [-0.15, -0.1) is 0 Å². The second kappa shape index (κ2) is 3.74. The zero-order chi connectivity index (χ0) is 9.80. The summed E-state index contributed by atoms with van der Waals surface area (Å²) in [7, 11) is 0. The van der Waals surface area contributed by atoms with Crippen molar-refractivity contribution in [3.63, 3.8) is 0 Å². The van der Waals surface area contributed by atoms with Gasteiger partial charge in [0.25, 0.3) is 5.91 Å². The fourth-order valence-electron chi connectivity index (χ4n) is 1.07. The number of carbonyl (C=O) groups is 1. The first-order chi connectivity index (χ1) is 6.86. The summed E-state index contributed by atoms with van der Waals surface area (Å²) in [4.78, 5) is 11.5. The summed E-state index contributed by atoms with van der Waals surface area (Å²) >= 11 is 0. The lowest BCUT2D eigenvalue weighted by Gasteiger charge is -2.00. The molecule has 1 heterocycles. The van der Waals surface area contributed by atoms with Crippen molar-refractivity contribution in [2.75, 3.05) is 5.32 Å². The summed E-state index contributed by atoms with van der Waals surface area (Å²) in [6, 6.07) is 8.98. The van der Waals surface area contributed by atoms with Crippen molar-refractivity contribution >= 4 is 11.6 Å². The molecule has 4 heteroatoms. The fourth-order valence-corrected chi connectivity index (χ4v) is 1.07. The number of aromatic amines is 1. The van der Waals surface area contributed by atoms with Crippen LogP contribution in [0.15, 0.2) is 36.5 Å². The van der Waals surface area contributed by atoms with Crippen LogP contribution in [0.4, 0.5) is 5.69 Å². The number of H-pyrrole nitrogens is 1. The lowest BCUT2D eigenvalue weighted by atomic mass is 10.2. The first-order valence-electron chi connectivity index (χ1n) is 4.14. The number of nitrogens with zero attached hydrogens (tertiary/aromatic N) is 1. The number of hydrogen-bond donors (Lipinski definition) is 2. The van der Waals surface area contributed by atoms with Crippen LogP contribution in [0.25, 0.3) is 0 Å². The lowest BCUT2D eigenvalue weighted by Crippen LogP contribution is -2.10. The second-order valence-electron chi connectivity index (χ2n) is 2.73. The summed E-state index contributed by atoms with van der Waals surface area (Å²) in [5, 5.41) is 8.82. The van der Waals surface area contributed by atoms with Crippen LogP contribution in [0, 0.1) is 6.20 Å². The number of hydrogen-bond acceptors (Lipinski definition) is 2. The predicted octanol–water partition coefficient (Wildman–Crippen LogP) is 1.46. The second-order valence-corrected chi connectivity index (χ2v) is 2.73. The Bertz CT molecular complexity index is 408. The van der Waals surface area contributed by atoms with Crippen molar-refractivity contribution in [2.45, 2.75) is 0 Å². The van der Waals surface area contributed by atoms with Gasteiger partial charge in [-0.2, -0.15) is 5.10 Å². The highest BCUT2D eigenvalue weighted by molar-refractivity contribution is 6.03. The average molecular weight is 186 g/mol. The van der Waals surface area contributed by atoms with Gasteiger partial charge in [0.2, 0.25) is 0 Å². The van der Waals surface area contributed by atoms with E-state index in [0.717, 1.165) is 0 Å². The average Bonchev–Trinajstić information content (AvgIpc) is 2.72. The number of amides is 1. The lowest BCUT2D eigenvalue weighted by molar-refractivity contribution is 0.102. The Kier molecular flexibility index (Phi) is 2.27. The Labute approximate surface area is 81.0 Å². The predicted molar refractivity (Wildman–Crippen MR) is 51.8 cm³/mol. The molecule has 1 amide bonds. The number of anilines is 1. The van der Waals surface area contributed by atoms with Gasteiger partial charge in [-0.05, 0) is 12.1 Å². The summed E-state index contributed by atoms with van der Waals surface area (Å²) in [5.74, 6) is -0.164. The molecule has 0 aliphatic carbocycles. The Morgan fingerprint density at radius 3 is 2.79 bits per heavy atom. The standard InChI is InChI=1S/C10H8N3O/c14-10(8-4-2-1-3-5-8)13-9-6-11-12-7-9/h1-6H,(H,11,12)(H,13,14). The smallest absolute Gasteiger partial charge is 0.255 e. The third-order valence-corrected chi connectivity index (χ3v) is 1.73. The van der Waals surface area contributed by atoms with Crippen LogP contribution in [0.1, 0.15) is 10.4 Å². The van der Waals surface area contributed by atoms with Crippen molar-refractivity contribution in [1.82, 2.24) is 10.2 Å². The number of carbonyl (C=O) groups excluding carboxylic acids is 1. The van der Waals surface area contributed by atoms with E-state index in [2.05, 4.69) is 21.7 Å². The largest absolute Gasteiger partial charge is 0.319 e. The molecule has 0 saturated carbocycles. The van der Waals surface area contributed by atoms with Gasteiger partial charge in [-0.1, -0.05) is 18.2 Å². The van der Waals surface area contributed by atoms with E-state index in [9.17, 15) is 4.79 Å². The Morgan fingerprint density at radius 2 is 2.14 bits per heavy atom. The van der Waals surface area contributed by atoms with Crippen LogP contribution in [-0.4, -0.2) is 16.1 Å². The molecule has 14 heavy (non-hydrogen) atoms. The molecular weight excluding hydrogens is 178 g/mol. The summed E-state index contributed by atoms with van der Waals surface area (Å²) in [6.45, 7) is 0. The van der Waals surface area contributed by atoms with Crippen molar-refractivity contribution in [3.05, 3.63) is 48.3 Å². The van der Waals surface area contributed by atoms with Gasteiger partial charge in [0.15, 0.2) is 0 Å². The zero-order valence-electron chi connectivity index (χ0n) is 7.32. The minimum absolute atomic E-state index is 0.164. The maximum atomic E-state index is 11.5. The molecule has 1 aromatic heterocycles. The van der Waals surface area contributed by atoms with Crippen molar-refractivity contribution in [1.29, 1.82) is 0 Å². The zero-order valence-corrected chi connectivity index (χ0v) is 7.32. The SMILES string of the molecule is O=C(Nc1[c]n[nH]c1)c1ccccc1. The van der Waals surface area contributed by atoms with E-state index in [1.54, 1.807) is 18.3 Å². The highest BCUT2D eigenvalue weighted by Gasteiger charge is 2.04. The molecule has 4 nitrogen and oxygen atoms in total. The van der Waals surface area contributed by atoms with E-state index in [1.807, 2.05) is 18.2 Å². The molecule has 0 aliphatic rings. The molecule has 69 valence electrons. The third-order valence-electron chi connectivity index (χ3n) is 1.73. The van der Waals surface area contributed by atoms with Gasteiger partial charge < -0.3 is 5.32 Å². The number of benzene rings is 1.